The molecule has 6 heteroatoms. The highest BCUT2D eigenvalue weighted by Gasteiger charge is 2.10. The summed E-state index contributed by atoms with van der Waals surface area (Å²) < 4.78 is 2.17. The highest BCUT2D eigenvalue weighted by Crippen LogP contribution is 2.27. The molecule has 0 aliphatic rings. The summed E-state index contributed by atoms with van der Waals surface area (Å²) in [7, 11) is 0. The molecule has 0 saturated carbocycles. The zero-order chi connectivity index (χ0) is 18.2. The second-order valence-electron chi connectivity index (χ2n) is 6.58. The van der Waals surface area contributed by atoms with Crippen LogP contribution in [0.1, 0.15) is 11.1 Å². The van der Waals surface area contributed by atoms with Gasteiger partial charge in [0, 0.05) is 23.1 Å². The Morgan fingerprint density at radius 1 is 1.00 bits per heavy atom. The highest BCUT2D eigenvalue weighted by atomic mass is 32.2. The standard InChI is InChI=1S/C22H18N4S.H2O/c1-15-8-10-16(11-9-15)20-13-23-21-17(5-4-12-26(20)21)14-27-22-24-18-6-2-3-7-19(18)25-22;/h2-13H,14H2,1H3,(H,24,25);1H2. The summed E-state index contributed by atoms with van der Waals surface area (Å²) in [6.07, 6.45) is 4.03. The molecule has 3 N–H and O–H groups in total. The quantitative estimate of drug-likeness (QED) is 0.455. The molecule has 140 valence electrons. The smallest absolute Gasteiger partial charge is 0.166 e. The molecule has 5 nitrogen and oxygen atoms in total. The van der Waals surface area contributed by atoms with E-state index in [4.69, 9.17) is 4.98 Å². The molecule has 0 bridgehead atoms. The van der Waals surface area contributed by atoms with Crippen LogP contribution in [-0.4, -0.2) is 24.8 Å². The predicted molar refractivity (Wildman–Crippen MR) is 115 cm³/mol. The molecule has 2 aromatic carbocycles. The van der Waals surface area contributed by atoms with Crippen LogP contribution in [0.2, 0.25) is 0 Å². The lowest BCUT2D eigenvalue weighted by Gasteiger charge is -2.05. The third kappa shape index (κ3) is 3.28. The van der Waals surface area contributed by atoms with Crippen LogP contribution in [0.5, 0.6) is 0 Å². The van der Waals surface area contributed by atoms with E-state index in [0.29, 0.717) is 0 Å². The lowest BCUT2D eigenvalue weighted by atomic mass is 10.1. The van der Waals surface area contributed by atoms with Crippen molar-refractivity contribution < 1.29 is 5.48 Å². The molecular weight excluding hydrogens is 368 g/mol. The van der Waals surface area contributed by atoms with Crippen molar-refractivity contribution in [2.75, 3.05) is 0 Å². The third-order valence-corrected chi connectivity index (χ3v) is 5.62. The largest absolute Gasteiger partial charge is 0.412 e. The topological polar surface area (TPSA) is 77.5 Å². The molecule has 0 amide bonds. The Balaban J connectivity index is 0.00000192. The van der Waals surface area contributed by atoms with Crippen molar-refractivity contribution in [3.63, 3.8) is 0 Å². The predicted octanol–water partition coefficient (Wildman–Crippen LogP) is 4.65. The lowest BCUT2D eigenvalue weighted by molar-refractivity contribution is 0.824. The van der Waals surface area contributed by atoms with Crippen molar-refractivity contribution in [2.45, 2.75) is 17.8 Å². The summed E-state index contributed by atoms with van der Waals surface area (Å²) in [4.78, 5) is 12.7. The number of hydrogen-bond acceptors (Lipinski definition) is 3. The van der Waals surface area contributed by atoms with Gasteiger partial charge < -0.3 is 10.5 Å². The van der Waals surface area contributed by atoms with Crippen LogP contribution in [0, 0.1) is 6.92 Å². The Hall–Kier alpha value is -3.09. The van der Waals surface area contributed by atoms with Crippen molar-refractivity contribution >= 4 is 28.4 Å². The van der Waals surface area contributed by atoms with Gasteiger partial charge in [0.25, 0.3) is 0 Å². The highest BCUT2D eigenvalue weighted by molar-refractivity contribution is 7.98. The zero-order valence-corrected chi connectivity index (χ0v) is 16.2. The van der Waals surface area contributed by atoms with Gasteiger partial charge in [-0.1, -0.05) is 59.8 Å². The van der Waals surface area contributed by atoms with E-state index in [2.05, 4.69) is 70.0 Å². The van der Waals surface area contributed by atoms with Gasteiger partial charge in [0.1, 0.15) is 5.65 Å². The van der Waals surface area contributed by atoms with E-state index in [1.807, 2.05) is 24.4 Å². The summed E-state index contributed by atoms with van der Waals surface area (Å²) >= 11 is 1.70. The molecular formula is C22H20N4OS. The Morgan fingerprint density at radius 3 is 2.64 bits per heavy atom. The minimum atomic E-state index is 0. The van der Waals surface area contributed by atoms with Crippen LogP contribution in [0.15, 0.2) is 78.2 Å². The number of thioether (sulfide) groups is 1. The van der Waals surface area contributed by atoms with Gasteiger partial charge in [-0.15, -0.1) is 0 Å². The Morgan fingerprint density at radius 2 is 1.82 bits per heavy atom. The molecule has 5 aromatic rings. The number of nitrogens with one attached hydrogen (secondary N) is 1. The molecule has 3 aromatic heterocycles. The molecule has 0 fully saturated rings. The first-order chi connectivity index (χ1) is 13.3. The maximum Gasteiger partial charge on any atom is 0.166 e. The van der Waals surface area contributed by atoms with Crippen molar-refractivity contribution in [1.29, 1.82) is 0 Å². The third-order valence-electron chi connectivity index (χ3n) is 4.70. The summed E-state index contributed by atoms with van der Waals surface area (Å²) in [6, 6.07) is 20.9. The van der Waals surface area contributed by atoms with E-state index in [0.717, 1.165) is 33.3 Å². The van der Waals surface area contributed by atoms with Gasteiger partial charge in [-0.3, -0.25) is 4.40 Å². The first-order valence-corrected chi connectivity index (χ1v) is 9.86. The number of nitrogens with zero attached hydrogens (tertiary/aromatic N) is 3. The molecule has 0 radical (unpaired) electrons. The van der Waals surface area contributed by atoms with Gasteiger partial charge in [-0.2, -0.15) is 0 Å². The van der Waals surface area contributed by atoms with Gasteiger partial charge in [0.2, 0.25) is 0 Å². The Labute approximate surface area is 166 Å². The molecule has 3 heterocycles. The number of para-hydroxylation sites is 2. The number of aryl methyl sites for hydroxylation is 1. The maximum atomic E-state index is 4.69. The van der Waals surface area contributed by atoms with E-state index in [1.165, 1.54) is 16.7 Å². The molecule has 0 aliphatic carbocycles. The monoisotopic (exact) mass is 388 g/mol. The van der Waals surface area contributed by atoms with Crippen LogP contribution in [0.25, 0.3) is 27.9 Å². The minimum absolute atomic E-state index is 0. The van der Waals surface area contributed by atoms with Crippen molar-refractivity contribution in [3.8, 4) is 11.3 Å². The maximum absolute atomic E-state index is 4.69. The molecule has 5 rings (SSSR count). The summed E-state index contributed by atoms with van der Waals surface area (Å²) in [5.41, 5.74) is 7.81. The van der Waals surface area contributed by atoms with Gasteiger partial charge in [-0.05, 0) is 25.1 Å². The number of aromatic nitrogens is 4. The second kappa shape index (κ2) is 7.50. The van der Waals surface area contributed by atoms with Crippen LogP contribution >= 0.6 is 11.8 Å². The Bertz CT molecular complexity index is 1210. The molecule has 0 unspecified atom stereocenters. The number of benzene rings is 2. The summed E-state index contributed by atoms with van der Waals surface area (Å²) in [5, 5.41) is 0.934. The zero-order valence-electron chi connectivity index (χ0n) is 15.4. The SMILES string of the molecule is Cc1ccc(-c2cnc3c(CSc4nc5ccccc5[nH]4)cccn23)cc1.O. The molecule has 28 heavy (non-hydrogen) atoms. The minimum Gasteiger partial charge on any atom is -0.412 e. The van der Waals surface area contributed by atoms with E-state index in [9.17, 15) is 0 Å². The van der Waals surface area contributed by atoms with Gasteiger partial charge in [0.15, 0.2) is 5.16 Å². The molecule has 0 aliphatic heterocycles. The van der Waals surface area contributed by atoms with Gasteiger partial charge >= 0.3 is 0 Å². The van der Waals surface area contributed by atoms with Crippen LogP contribution in [0.4, 0.5) is 0 Å². The first kappa shape index (κ1) is 18.3. The molecule has 0 spiro atoms. The fourth-order valence-electron chi connectivity index (χ4n) is 3.26. The average Bonchev–Trinajstić information content (AvgIpc) is 3.31. The van der Waals surface area contributed by atoms with Crippen molar-refractivity contribution in [3.05, 3.63) is 84.2 Å². The number of imidazole rings is 2. The number of H-pyrrole nitrogens is 1. The van der Waals surface area contributed by atoms with E-state index in [-0.39, 0.29) is 5.48 Å². The number of aromatic amines is 1. The van der Waals surface area contributed by atoms with Crippen molar-refractivity contribution in [2.24, 2.45) is 0 Å². The van der Waals surface area contributed by atoms with Gasteiger partial charge in [-0.25, -0.2) is 9.97 Å². The molecule has 0 saturated heterocycles. The van der Waals surface area contributed by atoms with Crippen LogP contribution < -0.4 is 0 Å². The molecule has 0 atom stereocenters. The number of fused-ring (bicyclic) bond motifs is 2. The Kier molecular flexibility index (Phi) is 4.90. The van der Waals surface area contributed by atoms with E-state index in [1.54, 1.807) is 11.8 Å². The second-order valence-corrected chi connectivity index (χ2v) is 7.55. The number of pyridine rings is 1. The fraction of sp³-hybridized carbons (Fsp3) is 0.0909. The average molecular weight is 388 g/mol. The normalized spacial score (nSPS) is 11.0. The summed E-state index contributed by atoms with van der Waals surface area (Å²) in [5.74, 6) is 0.814. The number of rotatable bonds is 4. The van der Waals surface area contributed by atoms with Crippen LogP contribution in [0.3, 0.4) is 0 Å². The van der Waals surface area contributed by atoms with E-state index >= 15 is 0 Å². The fourth-order valence-corrected chi connectivity index (χ4v) is 4.13. The first-order valence-electron chi connectivity index (χ1n) is 8.87. The summed E-state index contributed by atoms with van der Waals surface area (Å²) in [6.45, 7) is 2.10. The lowest BCUT2D eigenvalue weighted by Crippen LogP contribution is -1.93. The van der Waals surface area contributed by atoms with E-state index < -0.39 is 0 Å². The van der Waals surface area contributed by atoms with Crippen molar-refractivity contribution in [1.82, 2.24) is 19.4 Å². The number of hydrogen-bond donors (Lipinski definition) is 1. The van der Waals surface area contributed by atoms with Crippen LogP contribution in [-0.2, 0) is 5.75 Å². The van der Waals surface area contributed by atoms with Gasteiger partial charge in [0.05, 0.1) is 22.9 Å².